The quantitative estimate of drug-likeness (QED) is 0.890. The first-order chi connectivity index (χ1) is 11.3. The van der Waals surface area contributed by atoms with E-state index in [1.807, 2.05) is 0 Å². The monoisotopic (exact) mass is 309 g/mol. The molecule has 122 valence electrons. The molecule has 0 aromatic heterocycles. The Morgan fingerprint density at radius 1 is 1.04 bits per heavy atom. The number of aryl methyl sites for hydroxylation is 1. The Morgan fingerprint density at radius 3 is 2.43 bits per heavy atom. The van der Waals surface area contributed by atoms with Gasteiger partial charge in [0.2, 0.25) is 0 Å². The van der Waals surface area contributed by atoms with Crippen LogP contribution < -0.4 is 5.32 Å². The lowest BCUT2D eigenvalue weighted by molar-refractivity contribution is -0.0110. The second-order valence-corrected chi connectivity index (χ2v) is 6.45. The van der Waals surface area contributed by atoms with E-state index in [0.29, 0.717) is 12.0 Å². The van der Waals surface area contributed by atoms with E-state index in [1.54, 1.807) is 0 Å². The Labute approximate surface area is 139 Å². The summed E-state index contributed by atoms with van der Waals surface area (Å²) >= 11 is 0. The van der Waals surface area contributed by atoms with Crippen molar-refractivity contribution >= 4 is 0 Å². The van der Waals surface area contributed by atoms with E-state index in [1.165, 1.54) is 23.1 Å². The predicted octanol–water partition coefficient (Wildman–Crippen LogP) is 4.28. The molecular weight excluding hydrogens is 282 g/mol. The number of nitrogens with one attached hydrogen (secondary N) is 1. The molecule has 3 atom stereocenters. The third-order valence-corrected chi connectivity index (χ3v) is 4.86. The molecule has 23 heavy (non-hydrogen) atoms. The summed E-state index contributed by atoms with van der Waals surface area (Å²) in [7, 11) is 0. The molecule has 0 aliphatic carbocycles. The lowest BCUT2D eigenvalue weighted by atomic mass is 9.81. The van der Waals surface area contributed by atoms with Gasteiger partial charge in [-0.3, -0.25) is 0 Å². The highest BCUT2D eigenvalue weighted by Crippen LogP contribution is 2.35. The molecule has 1 aliphatic heterocycles. The molecule has 0 bridgehead atoms. The van der Waals surface area contributed by atoms with Crippen LogP contribution >= 0.6 is 0 Å². The molecule has 1 heterocycles. The molecule has 0 saturated carbocycles. The first-order valence-corrected chi connectivity index (χ1v) is 8.75. The highest BCUT2D eigenvalue weighted by Gasteiger charge is 2.30. The summed E-state index contributed by atoms with van der Waals surface area (Å²) in [4.78, 5) is 0. The Hall–Kier alpha value is -1.64. The molecule has 3 unspecified atom stereocenters. The Morgan fingerprint density at radius 2 is 1.78 bits per heavy atom. The van der Waals surface area contributed by atoms with Crippen molar-refractivity contribution in [2.45, 2.75) is 44.8 Å². The van der Waals surface area contributed by atoms with Gasteiger partial charge in [-0.1, -0.05) is 61.5 Å². The van der Waals surface area contributed by atoms with Crippen LogP contribution in [0.4, 0.5) is 0 Å². The first-order valence-electron chi connectivity index (χ1n) is 8.75. The van der Waals surface area contributed by atoms with Gasteiger partial charge in [0, 0.05) is 12.0 Å². The minimum atomic E-state index is 0.258. The number of hydrogen-bond donors (Lipinski definition) is 1. The summed E-state index contributed by atoms with van der Waals surface area (Å²) in [6, 6.07) is 20.0. The van der Waals surface area contributed by atoms with Gasteiger partial charge in [-0.05, 0) is 43.0 Å². The summed E-state index contributed by atoms with van der Waals surface area (Å²) in [5.41, 5.74) is 4.10. The maximum Gasteiger partial charge on any atom is 0.0685 e. The van der Waals surface area contributed by atoms with Crippen LogP contribution in [-0.4, -0.2) is 25.3 Å². The topological polar surface area (TPSA) is 21.3 Å². The SMILES string of the molecule is CCNC1CCC(C(c2ccccc2)c2ccccc2C)OC1. The van der Waals surface area contributed by atoms with Gasteiger partial charge >= 0.3 is 0 Å². The molecule has 2 aromatic rings. The summed E-state index contributed by atoms with van der Waals surface area (Å²) in [5, 5.41) is 3.51. The van der Waals surface area contributed by atoms with Crippen LogP contribution in [0.2, 0.25) is 0 Å². The Kier molecular flexibility index (Phi) is 5.47. The van der Waals surface area contributed by atoms with Gasteiger partial charge in [0.25, 0.3) is 0 Å². The molecule has 1 fully saturated rings. The largest absolute Gasteiger partial charge is 0.376 e. The number of benzene rings is 2. The van der Waals surface area contributed by atoms with Crippen LogP contribution in [0.5, 0.6) is 0 Å². The van der Waals surface area contributed by atoms with Crippen LogP contribution in [-0.2, 0) is 4.74 Å². The summed E-state index contributed by atoms with van der Waals surface area (Å²) < 4.78 is 6.31. The fourth-order valence-corrected chi connectivity index (χ4v) is 3.68. The van der Waals surface area contributed by atoms with Crippen LogP contribution in [0.25, 0.3) is 0 Å². The first kappa shape index (κ1) is 16.2. The van der Waals surface area contributed by atoms with Crippen molar-refractivity contribution in [3.63, 3.8) is 0 Å². The molecule has 1 N–H and O–H groups in total. The zero-order valence-electron chi connectivity index (χ0n) is 14.2. The third kappa shape index (κ3) is 3.82. The predicted molar refractivity (Wildman–Crippen MR) is 95.9 cm³/mol. The zero-order valence-corrected chi connectivity index (χ0v) is 14.2. The van der Waals surface area contributed by atoms with E-state index in [4.69, 9.17) is 4.74 Å². The molecule has 1 saturated heterocycles. The van der Waals surface area contributed by atoms with Gasteiger partial charge in [0.15, 0.2) is 0 Å². The smallest absolute Gasteiger partial charge is 0.0685 e. The molecular formula is C21H27NO. The molecule has 3 rings (SSSR count). The Bertz CT molecular complexity index is 602. The summed E-state index contributed by atoms with van der Waals surface area (Å²) in [6.07, 6.45) is 2.55. The number of likely N-dealkylation sites (N-methyl/N-ethyl adjacent to an activating group) is 1. The standard InChI is InChI=1S/C21H27NO/c1-3-22-18-13-14-20(23-15-18)21(17-10-5-4-6-11-17)19-12-8-7-9-16(19)2/h4-12,18,20-22H,3,13-15H2,1-2H3. The van der Waals surface area contributed by atoms with E-state index in [0.717, 1.165) is 19.6 Å². The highest BCUT2D eigenvalue weighted by molar-refractivity contribution is 5.38. The minimum Gasteiger partial charge on any atom is -0.376 e. The number of hydrogen-bond acceptors (Lipinski definition) is 2. The third-order valence-electron chi connectivity index (χ3n) is 4.86. The van der Waals surface area contributed by atoms with Crippen LogP contribution in [0, 0.1) is 6.92 Å². The van der Waals surface area contributed by atoms with E-state index >= 15 is 0 Å². The van der Waals surface area contributed by atoms with Crippen molar-refractivity contribution in [2.75, 3.05) is 13.2 Å². The van der Waals surface area contributed by atoms with Gasteiger partial charge in [0.05, 0.1) is 12.7 Å². The second-order valence-electron chi connectivity index (χ2n) is 6.45. The molecule has 0 amide bonds. The van der Waals surface area contributed by atoms with Crippen LogP contribution in [0.1, 0.15) is 42.4 Å². The molecule has 1 aliphatic rings. The van der Waals surface area contributed by atoms with Crippen LogP contribution in [0.3, 0.4) is 0 Å². The average molecular weight is 309 g/mol. The van der Waals surface area contributed by atoms with Gasteiger partial charge in [-0.25, -0.2) is 0 Å². The normalized spacial score (nSPS) is 22.7. The van der Waals surface area contributed by atoms with Gasteiger partial charge in [-0.2, -0.15) is 0 Å². The fraction of sp³-hybridized carbons (Fsp3) is 0.429. The van der Waals surface area contributed by atoms with E-state index in [-0.39, 0.29) is 6.10 Å². The molecule has 2 nitrogen and oxygen atoms in total. The van der Waals surface area contributed by atoms with E-state index < -0.39 is 0 Å². The van der Waals surface area contributed by atoms with Crippen molar-refractivity contribution in [2.24, 2.45) is 0 Å². The van der Waals surface area contributed by atoms with Gasteiger partial charge in [-0.15, -0.1) is 0 Å². The summed E-state index contributed by atoms with van der Waals surface area (Å²) in [6.45, 7) is 6.19. The van der Waals surface area contributed by atoms with Crippen molar-refractivity contribution in [3.8, 4) is 0 Å². The van der Waals surface area contributed by atoms with Crippen LogP contribution in [0.15, 0.2) is 54.6 Å². The van der Waals surface area contributed by atoms with E-state index in [9.17, 15) is 0 Å². The van der Waals surface area contributed by atoms with Crippen molar-refractivity contribution in [1.82, 2.24) is 5.32 Å². The molecule has 0 spiro atoms. The molecule has 2 heteroatoms. The second kappa shape index (κ2) is 7.76. The molecule has 2 aromatic carbocycles. The van der Waals surface area contributed by atoms with Crippen molar-refractivity contribution in [1.29, 1.82) is 0 Å². The lowest BCUT2D eigenvalue weighted by Crippen LogP contribution is -2.41. The minimum absolute atomic E-state index is 0.258. The maximum atomic E-state index is 6.31. The zero-order chi connectivity index (χ0) is 16.1. The van der Waals surface area contributed by atoms with Gasteiger partial charge < -0.3 is 10.1 Å². The number of rotatable bonds is 5. The summed E-state index contributed by atoms with van der Waals surface area (Å²) in [5.74, 6) is 0.319. The van der Waals surface area contributed by atoms with Gasteiger partial charge in [0.1, 0.15) is 0 Å². The maximum absolute atomic E-state index is 6.31. The van der Waals surface area contributed by atoms with Crippen molar-refractivity contribution in [3.05, 3.63) is 71.3 Å². The lowest BCUT2D eigenvalue weighted by Gasteiger charge is -2.35. The Balaban J connectivity index is 1.87. The van der Waals surface area contributed by atoms with E-state index in [2.05, 4.69) is 73.8 Å². The van der Waals surface area contributed by atoms with Crippen molar-refractivity contribution < 1.29 is 4.74 Å². The average Bonchev–Trinajstić information content (AvgIpc) is 2.60. The number of ether oxygens (including phenoxy) is 1. The molecule has 0 radical (unpaired) electrons. The fourth-order valence-electron chi connectivity index (χ4n) is 3.68. The highest BCUT2D eigenvalue weighted by atomic mass is 16.5.